The normalized spacial score (nSPS) is 16.0. The molecule has 0 saturated carbocycles. The Kier molecular flexibility index (Phi) is 5.21. The van der Waals surface area contributed by atoms with Gasteiger partial charge in [-0.25, -0.2) is 4.98 Å². The summed E-state index contributed by atoms with van der Waals surface area (Å²) < 4.78 is 5.28. The lowest BCUT2D eigenvalue weighted by Gasteiger charge is -2.26. The van der Waals surface area contributed by atoms with E-state index in [0.29, 0.717) is 5.92 Å². The Morgan fingerprint density at radius 3 is 2.75 bits per heavy atom. The Morgan fingerprint density at radius 2 is 2.12 bits per heavy atom. The van der Waals surface area contributed by atoms with Crippen LogP contribution >= 0.6 is 0 Å². The first kappa shape index (κ1) is 16.2. The molecule has 2 aromatic rings. The highest BCUT2D eigenvalue weighted by molar-refractivity contribution is 5.60. The molecule has 0 atom stereocenters. The van der Waals surface area contributed by atoms with E-state index in [-0.39, 0.29) is 0 Å². The molecule has 1 aromatic heterocycles. The average molecular weight is 324 g/mol. The highest BCUT2D eigenvalue weighted by atomic mass is 16.3. The molecule has 5 heteroatoms. The second kappa shape index (κ2) is 7.73. The summed E-state index contributed by atoms with van der Waals surface area (Å²) in [7, 11) is 0. The minimum absolute atomic E-state index is 0.694. The number of aromatic nitrogens is 1. The fraction of sp³-hybridized carbons (Fsp3) is 0.316. The fourth-order valence-electron chi connectivity index (χ4n) is 2.66. The van der Waals surface area contributed by atoms with Gasteiger partial charge in [0.15, 0.2) is 12.2 Å². The minimum atomic E-state index is 0.694. The summed E-state index contributed by atoms with van der Waals surface area (Å²) in [6.45, 7) is 6.69. The van der Waals surface area contributed by atoms with Crippen molar-refractivity contribution in [2.24, 2.45) is 5.92 Å². The van der Waals surface area contributed by atoms with Gasteiger partial charge in [-0.3, -0.25) is 0 Å². The molecule has 0 bridgehead atoms. The lowest BCUT2D eigenvalue weighted by molar-refractivity contribution is 0.327. The maximum Gasteiger partial charge on any atom is 0.181 e. The van der Waals surface area contributed by atoms with Gasteiger partial charge in [-0.1, -0.05) is 13.8 Å². The number of hydrogen-bond acceptors (Lipinski definition) is 5. The number of nitrogens with zero attached hydrogens (tertiary/aromatic N) is 2. The van der Waals surface area contributed by atoms with Crippen LogP contribution in [-0.4, -0.2) is 23.0 Å². The molecule has 3 rings (SSSR count). The second-order valence-corrected chi connectivity index (χ2v) is 6.39. The van der Waals surface area contributed by atoms with Crippen LogP contribution in [0.3, 0.4) is 0 Å². The van der Waals surface area contributed by atoms with E-state index in [1.54, 1.807) is 6.20 Å². The van der Waals surface area contributed by atoms with Crippen LogP contribution < -0.4 is 10.9 Å². The SMILES string of the molecule is CC(C)CN1C=CC(=CNNc2ccc(-c3cnco3)cc2)CC1. The molecular formula is C19H24N4O. The van der Waals surface area contributed by atoms with Gasteiger partial charge in [0, 0.05) is 24.9 Å². The smallest absolute Gasteiger partial charge is 0.181 e. The fourth-order valence-corrected chi connectivity index (χ4v) is 2.66. The van der Waals surface area contributed by atoms with Crippen LogP contribution in [0.5, 0.6) is 0 Å². The molecular weight excluding hydrogens is 300 g/mol. The molecule has 1 aromatic carbocycles. The van der Waals surface area contributed by atoms with E-state index in [0.717, 1.165) is 36.5 Å². The standard InChI is InChI=1S/C19H24N4O/c1-15(2)13-23-9-7-16(8-10-23)11-21-22-18-5-3-17(4-6-18)19-12-20-14-24-19/h3-7,9,11-12,14-15,21-22H,8,10,13H2,1-2H3. The number of rotatable bonds is 6. The van der Waals surface area contributed by atoms with Crippen LogP contribution in [0.4, 0.5) is 5.69 Å². The summed E-state index contributed by atoms with van der Waals surface area (Å²) in [6, 6.07) is 8.01. The van der Waals surface area contributed by atoms with Gasteiger partial charge in [0.25, 0.3) is 0 Å². The molecule has 24 heavy (non-hydrogen) atoms. The van der Waals surface area contributed by atoms with Gasteiger partial charge >= 0.3 is 0 Å². The highest BCUT2D eigenvalue weighted by Crippen LogP contribution is 2.20. The van der Waals surface area contributed by atoms with Gasteiger partial charge in [0.05, 0.1) is 11.9 Å². The summed E-state index contributed by atoms with van der Waals surface area (Å²) in [6.07, 6.45) is 10.6. The van der Waals surface area contributed by atoms with E-state index in [1.165, 1.54) is 12.0 Å². The molecule has 0 amide bonds. The van der Waals surface area contributed by atoms with Crippen molar-refractivity contribution in [3.8, 4) is 11.3 Å². The Morgan fingerprint density at radius 1 is 1.29 bits per heavy atom. The molecule has 2 heterocycles. The van der Waals surface area contributed by atoms with Crippen molar-refractivity contribution in [2.75, 3.05) is 18.5 Å². The van der Waals surface area contributed by atoms with Gasteiger partial charge in [0.1, 0.15) is 0 Å². The van der Waals surface area contributed by atoms with E-state index in [9.17, 15) is 0 Å². The molecule has 0 saturated heterocycles. The summed E-state index contributed by atoms with van der Waals surface area (Å²) in [5, 5.41) is 0. The molecule has 5 nitrogen and oxygen atoms in total. The monoisotopic (exact) mass is 324 g/mol. The number of hydrazine groups is 1. The Labute approximate surface area is 143 Å². The minimum Gasteiger partial charge on any atom is -0.444 e. The van der Waals surface area contributed by atoms with E-state index < -0.39 is 0 Å². The third kappa shape index (κ3) is 4.41. The largest absolute Gasteiger partial charge is 0.444 e. The second-order valence-electron chi connectivity index (χ2n) is 6.39. The molecule has 0 radical (unpaired) electrons. The summed E-state index contributed by atoms with van der Waals surface area (Å²) >= 11 is 0. The lowest BCUT2D eigenvalue weighted by atomic mass is 10.1. The van der Waals surface area contributed by atoms with E-state index in [1.807, 2.05) is 30.5 Å². The van der Waals surface area contributed by atoms with Crippen LogP contribution in [0.2, 0.25) is 0 Å². The van der Waals surface area contributed by atoms with Gasteiger partial charge in [0.2, 0.25) is 0 Å². The lowest BCUT2D eigenvalue weighted by Crippen LogP contribution is -2.26. The van der Waals surface area contributed by atoms with Crippen LogP contribution in [0.25, 0.3) is 11.3 Å². The zero-order chi connectivity index (χ0) is 16.8. The van der Waals surface area contributed by atoms with Crippen LogP contribution in [0, 0.1) is 5.92 Å². The van der Waals surface area contributed by atoms with E-state index in [2.05, 4.69) is 46.9 Å². The predicted octanol–water partition coefficient (Wildman–Crippen LogP) is 4.02. The number of nitrogens with one attached hydrogen (secondary N) is 2. The average Bonchev–Trinajstić information content (AvgIpc) is 3.11. The van der Waals surface area contributed by atoms with Gasteiger partial charge < -0.3 is 20.2 Å². The van der Waals surface area contributed by atoms with Crippen molar-refractivity contribution >= 4 is 5.69 Å². The first-order valence-electron chi connectivity index (χ1n) is 8.32. The zero-order valence-corrected chi connectivity index (χ0v) is 14.2. The van der Waals surface area contributed by atoms with Crippen molar-refractivity contribution in [2.45, 2.75) is 20.3 Å². The van der Waals surface area contributed by atoms with Crippen molar-refractivity contribution < 1.29 is 4.42 Å². The van der Waals surface area contributed by atoms with Gasteiger partial charge in [-0.2, -0.15) is 0 Å². The van der Waals surface area contributed by atoms with Crippen LogP contribution in [0.15, 0.2) is 65.3 Å². The van der Waals surface area contributed by atoms with Crippen LogP contribution in [0.1, 0.15) is 20.3 Å². The van der Waals surface area contributed by atoms with Gasteiger partial charge in [-0.05, 0) is 54.5 Å². The molecule has 0 spiro atoms. The van der Waals surface area contributed by atoms with Crippen molar-refractivity contribution in [3.63, 3.8) is 0 Å². The molecule has 0 fully saturated rings. The topological polar surface area (TPSA) is 53.3 Å². The molecule has 0 aliphatic carbocycles. The number of benzene rings is 1. The van der Waals surface area contributed by atoms with Crippen molar-refractivity contribution in [3.05, 3.63) is 60.9 Å². The zero-order valence-electron chi connectivity index (χ0n) is 14.2. The maximum atomic E-state index is 5.28. The number of anilines is 1. The molecule has 2 N–H and O–H groups in total. The first-order valence-corrected chi connectivity index (χ1v) is 8.32. The first-order chi connectivity index (χ1) is 11.7. The third-order valence-corrected chi connectivity index (χ3v) is 3.86. The molecule has 0 unspecified atom stereocenters. The third-order valence-electron chi connectivity index (χ3n) is 3.86. The van der Waals surface area contributed by atoms with Crippen LogP contribution in [-0.2, 0) is 0 Å². The molecule has 1 aliphatic rings. The van der Waals surface area contributed by atoms with E-state index in [4.69, 9.17) is 4.42 Å². The Balaban J connectivity index is 1.50. The predicted molar refractivity (Wildman–Crippen MR) is 96.9 cm³/mol. The number of oxazole rings is 1. The summed E-state index contributed by atoms with van der Waals surface area (Å²) in [4.78, 5) is 6.30. The Bertz CT molecular complexity index is 687. The van der Waals surface area contributed by atoms with Gasteiger partial charge in [-0.15, -0.1) is 0 Å². The molecule has 1 aliphatic heterocycles. The quantitative estimate of drug-likeness (QED) is 0.786. The number of hydrogen-bond donors (Lipinski definition) is 2. The Hall–Kier alpha value is -2.69. The van der Waals surface area contributed by atoms with Crippen molar-refractivity contribution in [1.29, 1.82) is 0 Å². The van der Waals surface area contributed by atoms with Crippen molar-refractivity contribution in [1.82, 2.24) is 15.3 Å². The van der Waals surface area contributed by atoms with E-state index >= 15 is 0 Å². The maximum absolute atomic E-state index is 5.28. The highest BCUT2D eigenvalue weighted by Gasteiger charge is 2.08. The summed E-state index contributed by atoms with van der Waals surface area (Å²) in [5.74, 6) is 1.47. The number of allylic oxidation sites excluding steroid dienone is 1. The summed E-state index contributed by atoms with van der Waals surface area (Å²) in [5.41, 5.74) is 9.65. The molecule has 126 valence electrons.